The van der Waals surface area contributed by atoms with E-state index >= 15 is 0 Å². The van der Waals surface area contributed by atoms with E-state index in [1.54, 1.807) is 36.7 Å². The molecular weight excluding hydrogens is 394 g/mol. The van der Waals surface area contributed by atoms with Crippen molar-refractivity contribution in [3.05, 3.63) is 90.3 Å². The first-order chi connectivity index (χ1) is 15.2. The molecule has 0 saturated carbocycles. The second-order valence-electron chi connectivity index (χ2n) is 6.64. The number of hydrogen-bond acceptors (Lipinski definition) is 5. The van der Waals surface area contributed by atoms with Crippen LogP contribution in [0, 0.1) is 0 Å². The average Bonchev–Trinajstić information content (AvgIpc) is 2.82. The number of nitrogens with zero attached hydrogens (tertiary/aromatic N) is 1. The standard InChI is InChI=1S/C24H25N3O4/c28-23(27-18-19-10-13-25-14-11-19)12-15-26-24(29)21-8-4-5-9-22(21)31-17-16-30-20-6-2-1-3-7-20/h1-11,13-14H,12,15-18H2,(H,26,29)(H,27,28). The van der Waals surface area contributed by atoms with Gasteiger partial charge in [0.05, 0.1) is 5.56 Å². The van der Waals surface area contributed by atoms with E-state index in [0.717, 1.165) is 11.3 Å². The molecule has 160 valence electrons. The molecule has 1 aromatic heterocycles. The fourth-order valence-corrected chi connectivity index (χ4v) is 2.78. The minimum absolute atomic E-state index is 0.139. The molecule has 2 amide bonds. The van der Waals surface area contributed by atoms with Crippen LogP contribution in [0.4, 0.5) is 0 Å². The molecule has 2 N–H and O–H groups in total. The summed E-state index contributed by atoms with van der Waals surface area (Å²) in [6, 6.07) is 20.1. The van der Waals surface area contributed by atoms with E-state index in [0.29, 0.717) is 31.1 Å². The summed E-state index contributed by atoms with van der Waals surface area (Å²) < 4.78 is 11.3. The van der Waals surface area contributed by atoms with Crippen LogP contribution in [-0.4, -0.2) is 36.6 Å². The molecule has 1 heterocycles. The first-order valence-electron chi connectivity index (χ1n) is 10.1. The van der Waals surface area contributed by atoms with Crippen molar-refractivity contribution in [1.82, 2.24) is 15.6 Å². The monoisotopic (exact) mass is 419 g/mol. The number of hydrogen-bond donors (Lipinski definition) is 2. The molecule has 3 aromatic rings. The number of pyridine rings is 1. The van der Waals surface area contributed by atoms with E-state index in [-0.39, 0.29) is 24.8 Å². The third-order valence-corrected chi connectivity index (χ3v) is 4.36. The van der Waals surface area contributed by atoms with Crippen LogP contribution in [0.1, 0.15) is 22.3 Å². The maximum atomic E-state index is 12.5. The summed E-state index contributed by atoms with van der Waals surface area (Å²) in [5.74, 6) is 0.805. The van der Waals surface area contributed by atoms with E-state index in [1.165, 1.54) is 0 Å². The largest absolute Gasteiger partial charge is 0.490 e. The van der Waals surface area contributed by atoms with Gasteiger partial charge >= 0.3 is 0 Å². The highest BCUT2D eigenvalue weighted by Gasteiger charge is 2.12. The van der Waals surface area contributed by atoms with Gasteiger partial charge in [-0.25, -0.2) is 0 Å². The number of aromatic nitrogens is 1. The summed E-state index contributed by atoms with van der Waals surface area (Å²) in [5.41, 5.74) is 1.38. The summed E-state index contributed by atoms with van der Waals surface area (Å²) in [4.78, 5) is 28.4. The van der Waals surface area contributed by atoms with Crippen LogP contribution in [0.2, 0.25) is 0 Å². The normalized spacial score (nSPS) is 10.2. The number of amides is 2. The Bertz CT molecular complexity index is 965. The fraction of sp³-hybridized carbons (Fsp3) is 0.208. The second kappa shape index (κ2) is 12.0. The second-order valence-corrected chi connectivity index (χ2v) is 6.64. The van der Waals surface area contributed by atoms with Gasteiger partial charge in [-0.15, -0.1) is 0 Å². The maximum absolute atomic E-state index is 12.5. The highest BCUT2D eigenvalue weighted by Crippen LogP contribution is 2.18. The molecule has 0 aliphatic rings. The lowest BCUT2D eigenvalue weighted by Crippen LogP contribution is -2.30. The molecule has 0 aliphatic heterocycles. The number of nitrogens with one attached hydrogen (secondary N) is 2. The minimum Gasteiger partial charge on any atom is -0.490 e. The molecule has 3 rings (SSSR count). The maximum Gasteiger partial charge on any atom is 0.255 e. The topological polar surface area (TPSA) is 89.6 Å². The Kier molecular flexibility index (Phi) is 8.43. The summed E-state index contributed by atoms with van der Waals surface area (Å²) in [6.07, 6.45) is 3.54. The molecule has 0 unspecified atom stereocenters. The van der Waals surface area contributed by atoms with Gasteiger partial charge in [0.2, 0.25) is 5.91 Å². The van der Waals surface area contributed by atoms with Crippen LogP contribution < -0.4 is 20.1 Å². The predicted octanol–water partition coefficient (Wildman–Crippen LogP) is 2.98. The molecule has 0 spiro atoms. The highest BCUT2D eigenvalue weighted by atomic mass is 16.5. The molecule has 0 aliphatic carbocycles. The zero-order valence-electron chi connectivity index (χ0n) is 17.1. The molecule has 7 nitrogen and oxygen atoms in total. The van der Waals surface area contributed by atoms with Gasteiger partial charge in [0, 0.05) is 31.9 Å². The molecule has 7 heteroatoms. The third-order valence-electron chi connectivity index (χ3n) is 4.36. The van der Waals surface area contributed by atoms with Crippen molar-refractivity contribution in [2.24, 2.45) is 0 Å². The zero-order chi connectivity index (χ0) is 21.7. The molecule has 0 bridgehead atoms. The zero-order valence-corrected chi connectivity index (χ0v) is 17.1. The van der Waals surface area contributed by atoms with Crippen LogP contribution in [0.25, 0.3) is 0 Å². The van der Waals surface area contributed by atoms with Crippen LogP contribution in [0.5, 0.6) is 11.5 Å². The third kappa shape index (κ3) is 7.47. The van der Waals surface area contributed by atoms with E-state index in [2.05, 4.69) is 15.6 Å². The number of benzene rings is 2. The Hall–Kier alpha value is -3.87. The van der Waals surface area contributed by atoms with Crippen LogP contribution in [0.3, 0.4) is 0 Å². The van der Waals surface area contributed by atoms with Crippen LogP contribution >= 0.6 is 0 Å². The quantitative estimate of drug-likeness (QED) is 0.467. The Morgan fingerprint density at radius 3 is 2.32 bits per heavy atom. The van der Waals surface area contributed by atoms with Crippen LogP contribution in [0.15, 0.2) is 79.1 Å². The minimum atomic E-state index is -0.290. The Morgan fingerprint density at radius 2 is 1.52 bits per heavy atom. The van der Waals surface area contributed by atoms with Crippen molar-refractivity contribution < 1.29 is 19.1 Å². The number of rotatable bonds is 11. The van der Waals surface area contributed by atoms with Gasteiger partial charge in [-0.2, -0.15) is 0 Å². The summed E-state index contributed by atoms with van der Waals surface area (Å²) >= 11 is 0. The van der Waals surface area contributed by atoms with Gasteiger partial charge in [0.15, 0.2) is 0 Å². The fourth-order valence-electron chi connectivity index (χ4n) is 2.78. The van der Waals surface area contributed by atoms with E-state index in [9.17, 15) is 9.59 Å². The van der Waals surface area contributed by atoms with Gasteiger partial charge in [-0.05, 0) is 42.0 Å². The smallest absolute Gasteiger partial charge is 0.255 e. The summed E-state index contributed by atoms with van der Waals surface area (Å²) in [6.45, 7) is 1.32. The SMILES string of the molecule is O=C(CCNC(=O)c1ccccc1OCCOc1ccccc1)NCc1ccncc1. The first kappa shape index (κ1) is 21.8. The molecule has 0 radical (unpaired) electrons. The van der Waals surface area contributed by atoms with Crippen molar-refractivity contribution in [1.29, 1.82) is 0 Å². The summed E-state index contributed by atoms with van der Waals surface area (Å²) in [7, 11) is 0. The molecule has 0 saturated heterocycles. The molecule has 31 heavy (non-hydrogen) atoms. The van der Waals surface area contributed by atoms with Gasteiger partial charge in [0.1, 0.15) is 24.7 Å². The van der Waals surface area contributed by atoms with Gasteiger partial charge in [-0.3, -0.25) is 14.6 Å². The molecule has 0 fully saturated rings. The molecule has 2 aromatic carbocycles. The van der Waals surface area contributed by atoms with Crippen LogP contribution in [-0.2, 0) is 11.3 Å². The van der Waals surface area contributed by atoms with E-state index in [1.807, 2.05) is 42.5 Å². The number of carbonyl (C=O) groups is 2. The molecular formula is C24H25N3O4. The van der Waals surface area contributed by atoms with Crippen molar-refractivity contribution >= 4 is 11.8 Å². The Balaban J connectivity index is 1.40. The lowest BCUT2D eigenvalue weighted by atomic mass is 10.2. The highest BCUT2D eigenvalue weighted by molar-refractivity contribution is 5.97. The lowest BCUT2D eigenvalue weighted by molar-refractivity contribution is -0.121. The summed E-state index contributed by atoms with van der Waals surface area (Å²) in [5, 5.41) is 5.58. The number of carbonyl (C=O) groups excluding carboxylic acids is 2. The Morgan fingerprint density at radius 1 is 0.806 bits per heavy atom. The van der Waals surface area contributed by atoms with Crippen molar-refractivity contribution in [3.63, 3.8) is 0 Å². The van der Waals surface area contributed by atoms with E-state index in [4.69, 9.17) is 9.47 Å². The molecule has 0 atom stereocenters. The van der Waals surface area contributed by atoms with Crippen molar-refractivity contribution in [2.45, 2.75) is 13.0 Å². The van der Waals surface area contributed by atoms with Gasteiger partial charge < -0.3 is 20.1 Å². The van der Waals surface area contributed by atoms with Crippen molar-refractivity contribution in [2.75, 3.05) is 19.8 Å². The predicted molar refractivity (Wildman–Crippen MR) is 117 cm³/mol. The number of para-hydroxylation sites is 2. The van der Waals surface area contributed by atoms with Gasteiger partial charge in [0.25, 0.3) is 5.91 Å². The lowest BCUT2D eigenvalue weighted by Gasteiger charge is -2.12. The van der Waals surface area contributed by atoms with E-state index < -0.39 is 0 Å². The first-order valence-corrected chi connectivity index (χ1v) is 10.1. The van der Waals surface area contributed by atoms with Crippen molar-refractivity contribution in [3.8, 4) is 11.5 Å². The number of ether oxygens (including phenoxy) is 2. The van der Waals surface area contributed by atoms with Gasteiger partial charge in [-0.1, -0.05) is 30.3 Å². The average molecular weight is 419 g/mol. The Labute approximate surface area is 181 Å².